The Morgan fingerprint density at radius 2 is 1.89 bits per heavy atom. The Bertz CT molecular complexity index is 941. The van der Waals surface area contributed by atoms with Gasteiger partial charge in [-0.05, 0) is 30.7 Å². The number of halogens is 1. The van der Waals surface area contributed by atoms with Crippen LogP contribution in [0.2, 0.25) is 5.02 Å². The quantitative estimate of drug-likeness (QED) is 0.745. The first-order chi connectivity index (χ1) is 13.0. The molecule has 0 radical (unpaired) electrons. The van der Waals surface area contributed by atoms with E-state index in [1.54, 1.807) is 42.5 Å². The number of carbonyl (C=O) groups excluding carboxylic acids is 2. The zero-order valence-electron chi connectivity index (χ0n) is 14.9. The first-order valence-corrected chi connectivity index (χ1v) is 9.62. The third-order valence-electron chi connectivity index (χ3n) is 4.17. The fraction of sp³-hybridized carbons (Fsp3) is 0.200. The molecule has 0 saturated heterocycles. The lowest BCUT2D eigenvalue weighted by molar-refractivity contribution is -0.119. The number of ether oxygens (including phenoxy) is 1. The van der Waals surface area contributed by atoms with E-state index >= 15 is 0 Å². The molecule has 1 aliphatic heterocycles. The van der Waals surface area contributed by atoms with Gasteiger partial charge in [0, 0.05) is 16.3 Å². The van der Waals surface area contributed by atoms with Crippen LogP contribution in [-0.4, -0.2) is 36.4 Å². The summed E-state index contributed by atoms with van der Waals surface area (Å²) in [6.07, 6.45) is 0. The molecule has 0 spiro atoms. The number of carbonyl (C=O) groups is 2. The second-order valence-corrected chi connectivity index (χ2v) is 7.39. The number of thioether (sulfide) groups is 1. The lowest BCUT2D eigenvalue weighted by atomic mass is 10.0. The largest absolute Gasteiger partial charge is 0.496 e. The van der Waals surface area contributed by atoms with Crippen LogP contribution in [0.25, 0.3) is 5.57 Å². The molecular weight excluding hydrogens is 386 g/mol. The summed E-state index contributed by atoms with van der Waals surface area (Å²) in [5, 5.41) is 9.64. The van der Waals surface area contributed by atoms with Gasteiger partial charge in [-0.25, -0.2) is 4.90 Å². The summed E-state index contributed by atoms with van der Waals surface area (Å²) < 4.78 is 5.38. The van der Waals surface area contributed by atoms with Crippen LogP contribution in [0.1, 0.15) is 11.1 Å². The van der Waals surface area contributed by atoms with Gasteiger partial charge in [-0.1, -0.05) is 35.9 Å². The van der Waals surface area contributed by atoms with Crippen molar-refractivity contribution in [1.29, 1.82) is 0 Å². The van der Waals surface area contributed by atoms with E-state index in [4.69, 9.17) is 16.3 Å². The molecule has 7 heteroatoms. The summed E-state index contributed by atoms with van der Waals surface area (Å²) in [6.45, 7) is 1.71. The Kier molecular flexibility index (Phi) is 5.89. The summed E-state index contributed by atoms with van der Waals surface area (Å²) in [7, 11) is 1.51. The Labute approximate surface area is 166 Å². The maximum Gasteiger partial charge on any atom is 0.272 e. The molecule has 0 aromatic heterocycles. The predicted molar refractivity (Wildman–Crippen MR) is 108 cm³/mol. The summed E-state index contributed by atoms with van der Waals surface area (Å²) in [6, 6.07) is 12.1. The summed E-state index contributed by atoms with van der Waals surface area (Å²) in [5.74, 6) is -0.0597. The number of aliphatic hydroxyl groups is 1. The minimum atomic E-state index is -0.435. The van der Waals surface area contributed by atoms with Gasteiger partial charge in [0.1, 0.15) is 5.75 Å². The van der Waals surface area contributed by atoms with Crippen LogP contribution in [0.4, 0.5) is 5.69 Å². The van der Waals surface area contributed by atoms with Crippen LogP contribution in [0.15, 0.2) is 47.4 Å². The zero-order valence-corrected chi connectivity index (χ0v) is 16.4. The SMILES string of the molecule is COc1ccccc1C1=C(SCCO)C(=O)N(c2cc(Cl)ccc2C)C1=O. The molecule has 0 aliphatic carbocycles. The summed E-state index contributed by atoms with van der Waals surface area (Å²) in [5.41, 5.74) is 2.02. The standard InChI is InChI=1S/C20H18ClNO4S/c1-12-7-8-13(21)11-15(12)22-19(24)17(18(20(22)25)27-10-9-23)14-5-3-4-6-16(14)26-2/h3-8,11,23H,9-10H2,1-2H3. The first-order valence-electron chi connectivity index (χ1n) is 8.25. The molecule has 0 unspecified atom stereocenters. The van der Waals surface area contributed by atoms with E-state index in [0.29, 0.717) is 27.8 Å². The number of rotatable bonds is 6. The fourth-order valence-electron chi connectivity index (χ4n) is 2.92. The van der Waals surface area contributed by atoms with Gasteiger partial charge in [0.25, 0.3) is 11.8 Å². The number of methoxy groups -OCH3 is 1. The summed E-state index contributed by atoms with van der Waals surface area (Å²) in [4.78, 5) is 27.9. The lowest BCUT2D eigenvalue weighted by Gasteiger charge is -2.18. The molecule has 140 valence electrons. The third-order valence-corrected chi connectivity index (χ3v) is 5.46. The molecule has 1 aliphatic rings. The van der Waals surface area contributed by atoms with Gasteiger partial charge in [-0.15, -0.1) is 11.8 Å². The maximum absolute atomic E-state index is 13.3. The molecule has 1 N–H and O–H groups in total. The van der Waals surface area contributed by atoms with Crippen LogP contribution >= 0.6 is 23.4 Å². The van der Waals surface area contributed by atoms with Crippen LogP contribution in [-0.2, 0) is 9.59 Å². The number of aryl methyl sites for hydroxylation is 1. The number of aliphatic hydroxyl groups excluding tert-OH is 1. The van der Waals surface area contributed by atoms with E-state index in [9.17, 15) is 14.7 Å². The van der Waals surface area contributed by atoms with Crippen molar-refractivity contribution in [3.05, 3.63) is 63.5 Å². The molecular formula is C20H18ClNO4S. The monoisotopic (exact) mass is 403 g/mol. The van der Waals surface area contributed by atoms with Crippen molar-refractivity contribution >= 4 is 46.4 Å². The van der Waals surface area contributed by atoms with E-state index in [2.05, 4.69) is 0 Å². The zero-order chi connectivity index (χ0) is 19.6. The predicted octanol–water partition coefficient (Wildman–Crippen LogP) is 3.67. The highest BCUT2D eigenvalue weighted by Gasteiger charge is 2.41. The molecule has 0 fully saturated rings. The molecule has 27 heavy (non-hydrogen) atoms. The topological polar surface area (TPSA) is 66.8 Å². The summed E-state index contributed by atoms with van der Waals surface area (Å²) >= 11 is 7.25. The van der Waals surface area contributed by atoms with Crippen LogP contribution < -0.4 is 9.64 Å². The Balaban J connectivity index is 2.16. The van der Waals surface area contributed by atoms with Crippen molar-refractivity contribution in [2.24, 2.45) is 0 Å². The van der Waals surface area contributed by atoms with E-state index in [0.717, 1.165) is 22.2 Å². The van der Waals surface area contributed by atoms with Gasteiger partial charge in [0.2, 0.25) is 0 Å². The Hall–Kier alpha value is -2.28. The molecule has 1 heterocycles. The van der Waals surface area contributed by atoms with Crippen molar-refractivity contribution in [1.82, 2.24) is 0 Å². The number of nitrogens with zero attached hydrogens (tertiary/aromatic N) is 1. The van der Waals surface area contributed by atoms with Crippen LogP contribution in [0.5, 0.6) is 5.75 Å². The molecule has 0 saturated carbocycles. The van der Waals surface area contributed by atoms with Gasteiger partial charge in [0.05, 0.1) is 29.9 Å². The molecule has 0 bridgehead atoms. The van der Waals surface area contributed by atoms with E-state index in [1.807, 2.05) is 6.92 Å². The third kappa shape index (κ3) is 3.60. The lowest BCUT2D eigenvalue weighted by Crippen LogP contribution is -2.32. The van der Waals surface area contributed by atoms with E-state index in [1.165, 1.54) is 7.11 Å². The van der Waals surface area contributed by atoms with Crippen LogP contribution in [0, 0.1) is 6.92 Å². The van der Waals surface area contributed by atoms with Crippen molar-refractivity contribution in [3.8, 4) is 5.75 Å². The number of imide groups is 1. The van der Waals surface area contributed by atoms with Gasteiger partial charge in [-0.2, -0.15) is 0 Å². The molecule has 2 aromatic rings. The number of para-hydroxylation sites is 1. The first kappa shape index (κ1) is 19.5. The number of anilines is 1. The molecule has 2 amide bonds. The average molecular weight is 404 g/mol. The normalized spacial score (nSPS) is 14.3. The highest BCUT2D eigenvalue weighted by molar-refractivity contribution is 8.04. The molecule has 3 rings (SSSR count). The Morgan fingerprint density at radius 1 is 1.15 bits per heavy atom. The number of hydrogen-bond donors (Lipinski definition) is 1. The molecule has 5 nitrogen and oxygen atoms in total. The smallest absolute Gasteiger partial charge is 0.272 e. The van der Waals surface area contributed by atoms with Crippen molar-refractivity contribution < 1.29 is 19.4 Å². The minimum Gasteiger partial charge on any atom is -0.496 e. The number of benzene rings is 2. The van der Waals surface area contributed by atoms with Gasteiger partial charge < -0.3 is 9.84 Å². The van der Waals surface area contributed by atoms with Gasteiger partial charge in [-0.3, -0.25) is 9.59 Å². The maximum atomic E-state index is 13.3. The number of hydrogen-bond acceptors (Lipinski definition) is 5. The Morgan fingerprint density at radius 3 is 2.59 bits per heavy atom. The van der Waals surface area contributed by atoms with Crippen molar-refractivity contribution in [2.75, 3.05) is 24.4 Å². The highest BCUT2D eigenvalue weighted by Crippen LogP contribution is 2.42. The second kappa shape index (κ2) is 8.17. The van der Waals surface area contributed by atoms with Crippen molar-refractivity contribution in [2.45, 2.75) is 6.92 Å². The average Bonchev–Trinajstić information content (AvgIpc) is 2.91. The van der Waals surface area contributed by atoms with E-state index < -0.39 is 11.8 Å². The van der Waals surface area contributed by atoms with Gasteiger partial charge in [0.15, 0.2) is 0 Å². The fourth-order valence-corrected chi connectivity index (χ4v) is 3.94. The van der Waals surface area contributed by atoms with Gasteiger partial charge >= 0.3 is 0 Å². The minimum absolute atomic E-state index is 0.106. The molecule has 2 aromatic carbocycles. The second-order valence-electron chi connectivity index (χ2n) is 5.85. The molecule has 0 atom stereocenters. The van der Waals surface area contributed by atoms with E-state index in [-0.39, 0.29) is 17.1 Å². The van der Waals surface area contributed by atoms with Crippen molar-refractivity contribution in [3.63, 3.8) is 0 Å². The van der Waals surface area contributed by atoms with Crippen LogP contribution in [0.3, 0.4) is 0 Å². The number of amides is 2. The highest BCUT2D eigenvalue weighted by atomic mass is 35.5.